The van der Waals surface area contributed by atoms with Crippen LogP contribution >= 0.6 is 0 Å². The number of nitrogens with zero attached hydrogens (tertiary/aromatic N) is 5. The van der Waals surface area contributed by atoms with Crippen LogP contribution < -0.4 is 10.6 Å². The van der Waals surface area contributed by atoms with Crippen molar-refractivity contribution in [1.29, 1.82) is 0 Å². The maximum atomic E-state index is 9.02. The number of nitrogens with two attached hydrogens (primary N) is 1. The van der Waals surface area contributed by atoms with Crippen LogP contribution in [0.1, 0.15) is 29.7 Å². The first-order chi connectivity index (χ1) is 9.95. The first-order valence-electron chi connectivity index (χ1n) is 7.18. The molecule has 2 rings (SSSR count). The molecule has 21 heavy (non-hydrogen) atoms. The second-order valence-electron chi connectivity index (χ2n) is 5.75. The van der Waals surface area contributed by atoms with Crippen molar-refractivity contribution < 1.29 is 5.21 Å². The molecule has 3 N–H and O–H groups in total. The van der Waals surface area contributed by atoms with Crippen LogP contribution in [0, 0.1) is 13.8 Å². The minimum absolute atomic E-state index is 0.0760. The molecule has 1 aromatic rings. The van der Waals surface area contributed by atoms with Crippen LogP contribution in [0.4, 0.5) is 5.82 Å². The molecule has 0 aromatic carbocycles. The largest absolute Gasteiger partial charge is 0.409 e. The van der Waals surface area contributed by atoms with Crippen LogP contribution in [0.2, 0.25) is 0 Å². The third-order valence-corrected chi connectivity index (χ3v) is 4.32. The van der Waals surface area contributed by atoms with E-state index in [0.717, 1.165) is 24.3 Å². The maximum Gasteiger partial charge on any atom is 0.174 e. The molecule has 0 bridgehead atoms. The third-order valence-electron chi connectivity index (χ3n) is 4.32. The summed E-state index contributed by atoms with van der Waals surface area (Å²) in [5.41, 5.74) is 8.17. The van der Waals surface area contributed by atoms with E-state index in [4.69, 9.17) is 10.9 Å². The van der Waals surface area contributed by atoms with Gasteiger partial charge in [0.05, 0.1) is 11.3 Å². The fourth-order valence-corrected chi connectivity index (χ4v) is 2.83. The summed E-state index contributed by atoms with van der Waals surface area (Å²) < 4.78 is 0. The van der Waals surface area contributed by atoms with E-state index in [1.54, 1.807) is 0 Å². The molecular formula is C14H24N6O. The minimum Gasteiger partial charge on any atom is -0.409 e. The third kappa shape index (κ3) is 3.07. The fourth-order valence-electron chi connectivity index (χ4n) is 2.83. The van der Waals surface area contributed by atoms with Crippen molar-refractivity contribution in [3.8, 4) is 0 Å². The smallest absolute Gasteiger partial charge is 0.174 e. The molecular weight excluding hydrogens is 268 g/mol. The Labute approximate surface area is 125 Å². The number of hydrogen-bond acceptors (Lipinski definition) is 6. The Kier molecular flexibility index (Phi) is 4.62. The molecule has 0 radical (unpaired) electrons. The topological polar surface area (TPSA) is 90.9 Å². The molecule has 1 aliphatic heterocycles. The Hall–Kier alpha value is -1.89. The van der Waals surface area contributed by atoms with Gasteiger partial charge in [0.15, 0.2) is 11.7 Å². The van der Waals surface area contributed by atoms with Gasteiger partial charge >= 0.3 is 0 Å². The zero-order valence-corrected chi connectivity index (χ0v) is 13.2. The van der Waals surface area contributed by atoms with Crippen molar-refractivity contribution in [3.63, 3.8) is 0 Å². The molecule has 1 unspecified atom stereocenters. The van der Waals surface area contributed by atoms with Crippen LogP contribution in [0.3, 0.4) is 0 Å². The highest BCUT2D eigenvalue weighted by atomic mass is 16.4. The summed E-state index contributed by atoms with van der Waals surface area (Å²) in [6.45, 7) is 5.75. The number of likely N-dealkylation sites (N-methyl/N-ethyl adjacent to an activating group) is 2. The first-order valence-corrected chi connectivity index (χ1v) is 7.18. The normalized spacial score (nSPS) is 20.0. The lowest BCUT2D eigenvalue weighted by Crippen LogP contribution is -2.38. The van der Waals surface area contributed by atoms with Gasteiger partial charge < -0.3 is 20.7 Å². The average molecular weight is 292 g/mol. The Morgan fingerprint density at radius 1 is 1.48 bits per heavy atom. The SMILES string of the molecule is Cc1nnc(N(C)CC2CCCN2C)c(C(N)=NO)c1C. The van der Waals surface area contributed by atoms with Crippen LogP contribution in [0.15, 0.2) is 5.16 Å². The van der Waals surface area contributed by atoms with Crippen molar-refractivity contribution in [3.05, 3.63) is 16.8 Å². The van der Waals surface area contributed by atoms with Crippen molar-refractivity contribution in [2.24, 2.45) is 10.9 Å². The number of oxime groups is 1. The van der Waals surface area contributed by atoms with E-state index in [9.17, 15) is 0 Å². The minimum atomic E-state index is 0.0760. The van der Waals surface area contributed by atoms with Gasteiger partial charge in [-0.05, 0) is 45.8 Å². The number of aromatic nitrogens is 2. The number of likely N-dealkylation sites (tertiary alicyclic amines) is 1. The van der Waals surface area contributed by atoms with Gasteiger partial charge in [0.2, 0.25) is 0 Å². The van der Waals surface area contributed by atoms with E-state index >= 15 is 0 Å². The molecule has 0 amide bonds. The van der Waals surface area contributed by atoms with E-state index < -0.39 is 0 Å². The standard InChI is InChI=1S/C14H24N6O/c1-9-10(2)16-17-14(12(9)13(15)18-21)20(4)8-11-6-5-7-19(11)3/h11,21H,5-8H2,1-4H3,(H2,15,18). The Morgan fingerprint density at radius 3 is 2.76 bits per heavy atom. The molecule has 1 saturated heterocycles. The summed E-state index contributed by atoms with van der Waals surface area (Å²) in [6, 6.07) is 0.499. The number of anilines is 1. The van der Waals surface area contributed by atoms with Gasteiger partial charge in [-0.1, -0.05) is 5.16 Å². The summed E-state index contributed by atoms with van der Waals surface area (Å²) in [4.78, 5) is 4.40. The Balaban J connectivity index is 2.32. The van der Waals surface area contributed by atoms with E-state index in [1.807, 2.05) is 25.8 Å². The first kappa shape index (κ1) is 15.5. The number of amidine groups is 1. The Bertz CT molecular complexity index is 545. The Morgan fingerprint density at radius 2 is 2.19 bits per heavy atom. The number of rotatable bonds is 4. The van der Waals surface area contributed by atoms with Gasteiger partial charge in [-0.2, -0.15) is 5.10 Å². The lowest BCUT2D eigenvalue weighted by Gasteiger charge is -2.28. The molecule has 1 atom stereocenters. The second kappa shape index (κ2) is 6.26. The fraction of sp³-hybridized carbons (Fsp3) is 0.643. The molecule has 1 aromatic heterocycles. The lowest BCUT2D eigenvalue weighted by molar-refractivity contribution is 0.313. The summed E-state index contributed by atoms with van der Waals surface area (Å²) in [6.07, 6.45) is 2.40. The second-order valence-corrected chi connectivity index (χ2v) is 5.75. The average Bonchev–Trinajstić information content (AvgIpc) is 2.86. The van der Waals surface area contributed by atoms with Gasteiger partial charge in [-0.25, -0.2) is 0 Å². The number of aryl methyl sites for hydroxylation is 1. The van der Waals surface area contributed by atoms with Crippen LogP contribution in [-0.2, 0) is 0 Å². The molecule has 7 nitrogen and oxygen atoms in total. The van der Waals surface area contributed by atoms with E-state index in [-0.39, 0.29) is 5.84 Å². The molecule has 0 aliphatic carbocycles. The molecule has 2 heterocycles. The summed E-state index contributed by atoms with van der Waals surface area (Å²) in [5, 5.41) is 20.6. The zero-order valence-electron chi connectivity index (χ0n) is 13.2. The monoisotopic (exact) mass is 292 g/mol. The van der Waals surface area contributed by atoms with Crippen LogP contribution in [0.5, 0.6) is 0 Å². The van der Waals surface area contributed by atoms with Gasteiger partial charge in [0.25, 0.3) is 0 Å². The zero-order chi connectivity index (χ0) is 15.6. The van der Waals surface area contributed by atoms with Crippen LogP contribution in [0.25, 0.3) is 0 Å². The van der Waals surface area contributed by atoms with Crippen molar-refractivity contribution in [2.45, 2.75) is 32.7 Å². The molecule has 116 valence electrons. The van der Waals surface area contributed by atoms with Crippen molar-refractivity contribution >= 4 is 11.7 Å². The van der Waals surface area contributed by atoms with E-state index in [1.165, 1.54) is 12.8 Å². The predicted octanol–water partition coefficient (Wildman–Crippen LogP) is 0.718. The van der Waals surface area contributed by atoms with Crippen molar-refractivity contribution in [2.75, 3.05) is 32.1 Å². The molecule has 1 aliphatic rings. The van der Waals surface area contributed by atoms with E-state index in [0.29, 0.717) is 17.4 Å². The van der Waals surface area contributed by atoms with E-state index in [2.05, 4.69) is 27.3 Å². The van der Waals surface area contributed by atoms with Gasteiger partial charge in [0.1, 0.15) is 0 Å². The van der Waals surface area contributed by atoms with Crippen molar-refractivity contribution in [1.82, 2.24) is 15.1 Å². The summed E-state index contributed by atoms with van der Waals surface area (Å²) in [5.74, 6) is 0.737. The highest BCUT2D eigenvalue weighted by Crippen LogP contribution is 2.23. The molecule has 1 fully saturated rings. The van der Waals surface area contributed by atoms with Gasteiger partial charge in [-0.15, -0.1) is 5.10 Å². The van der Waals surface area contributed by atoms with Gasteiger partial charge in [0, 0.05) is 19.6 Å². The lowest BCUT2D eigenvalue weighted by atomic mass is 10.1. The summed E-state index contributed by atoms with van der Waals surface area (Å²) >= 11 is 0. The number of hydrogen-bond donors (Lipinski definition) is 2. The molecule has 0 saturated carbocycles. The predicted molar refractivity (Wildman–Crippen MR) is 82.9 cm³/mol. The molecule has 7 heteroatoms. The van der Waals surface area contributed by atoms with Crippen LogP contribution in [-0.4, -0.2) is 59.4 Å². The quantitative estimate of drug-likeness (QED) is 0.368. The summed E-state index contributed by atoms with van der Waals surface area (Å²) in [7, 11) is 4.11. The maximum absolute atomic E-state index is 9.02. The highest BCUT2D eigenvalue weighted by Gasteiger charge is 2.25. The van der Waals surface area contributed by atoms with Gasteiger partial charge in [-0.3, -0.25) is 0 Å². The highest BCUT2D eigenvalue weighted by molar-refractivity contribution is 6.02. The molecule has 0 spiro atoms.